The summed E-state index contributed by atoms with van der Waals surface area (Å²) in [6.45, 7) is 1.92. The van der Waals surface area contributed by atoms with E-state index in [1.807, 2.05) is 19.1 Å². The van der Waals surface area contributed by atoms with Crippen molar-refractivity contribution < 1.29 is 9.18 Å². The van der Waals surface area contributed by atoms with Crippen LogP contribution in [-0.2, 0) is 4.79 Å². The largest absolute Gasteiger partial charge is 0.295 e. The van der Waals surface area contributed by atoms with Crippen molar-refractivity contribution in [3.63, 3.8) is 0 Å². The first kappa shape index (κ1) is 14.4. The van der Waals surface area contributed by atoms with Crippen molar-refractivity contribution in [1.29, 1.82) is 0 Å². The Hall–Kier alpha value is -1.52. The van der Waals surface area contributed by atoms with Gasteiger partial charge in [0.15, 0.2) is 0 Å². The van der Waals surface area contributed by atoms with E-state index in [1.165, 1.54) is 23.9 Å². The number of aryl methyl sites for hydroxylation is 1. The summed E-state index contributed by atoms with van der Waals surface area (Å²) in [4.78, 5) is 13.9. The molecule has 2 nitrogen and oxygen atoms in total. The normalized spacial score (nSPS) is 18.3. The molecule has 0 aromatic heterocycles. The van der Waals surface area contributed by atoms with Gasteiger partial charge in [0.2, 0.25) is 5.91 Å². The molecule has 0 unspecified atom stereocenters. The highest BCUT2D eigenvalue weighted by Crippen LogP contribution is 2.42. The molecule has 21 heavy (non-hydrogen) atoms. The molecule has 0 aliphatic carbocycles. The molecule has 1 amide bonds. The van der Waals surface area contributed by atoms with Gasteiger partial charge in [0.25, 0.3) is 0 Å². The Bertz CT molecular complexity index is 689. The fourth-order valence-corrected chi connectivity index (χ4v) is 3.66. The highest BCUT2D eigenvalue weighted by molar-refractivity contribution is 8.00. The summed E-state index contributed by atoms with van der Waals surface area (Å²) >= 11 is 7.69. The zero-order valence-corrected chi connectivity index (χ0v) is 12.9. The van der Waals surface area contributed by atoms with Crippen LogP contribution in [0, 0.1) is 12.7 Å². The van der Waals surface area contributed by atoms with E-state index in [0.717, 1.165) is 16.8 Å². The van der Waals surface area contributed by atoms with E-state index in [2.05, 4.69) is 0 Å². The second-order valence-corrected chi connectivity index (χ2v) is 6.39. The molecule has 108 valence electrons. The fraction of sp³-hybridized carbons (Fsp3) is 0.188. The van der Waals surface area contributed by atoms with Gasteiger partial charge in [-0.2, -0.15) is 0 Å². The monoisotopic (exact) mass is 321 g/mol. The number of carbonyl (C=O) groups excluding carboxylic acids is 1. The van der Waals surface area contributed by atoms with E-state index >= 15 is 0 Å². The molecule has 1 atom stereocenters. The first-order valence-electron chi connectivity index (χ1n) is 6.51. The average molecular weight is 322 g/mol. The van der Waals surface area contributed by atoms with Gasteiger partial charge in [0.1, 0.15) is 11.2 Å². The minimum Gasteiger partial charge on any atom is -0.295 e. The van der Waals surface area contributed by atoms with Crippen LogP contribution in [0.3, 0.4) is 0 Å². The summed E-state index contributed by atoms with van der Waals surface area (Å²) in [5.74, 6) is 0.167. The van der Waals surface area contributed by atoms with E-state index in [0.29, 0.717) is 10.8 Å². The van der Waals surface area contributed by atoms with E-state index in [-0.39, 0.29) is 17.1 Å². The second kappa shape index (κ2) is 5.70. The Kier molecular flexibility index (Phi) is 3.91. The first-order valence-corrected chi connectivity index (χ1v) is 7.94. The maximum Gasteiger partial charge on any atom is 0.238 e. The van der Waals surface area contributed by atoms with Crippen molar-refractivity contribution in [2.45, 2.75) is 12.3 Å². The van der Waals surface area contributed by atoms with Crippen molar-refractivity contribution in [3.8, 4) is 0 Å². The molecule has 0 N–H and O–H groups in total. The molecule has 0 bridgehead atoms. The zero-order valence-electron chi connectivity index (χ0n) is 11.3. The molecule has 1 heterocycles. The lowest BCUT2D eigenvalue weighted by molar-refractivity contribution is -0.115. The third-order valence-electron chi connectivity index (χ3n) is 3.46. The van der Waals surface area contributed by atoms with Gasteiger partial charge in [-0.1, -0.05) is 29.8 Å². The quantitative estimate of drug-likeness (QED) is 0.807. The minimum atomic E-state index is -0.280. The number of benzene rings is 2. The van der Waals surface area contributed by atoms with Gasteiger partial charge in [-0.15, -0.1) is 11.8 Å². The third kappa shape index (κ3) is 2.78. The third-order valence-corrected chi connectivity index (χ3v) is 5.08. The minimum absolute atomic E-state index is 0.0363. The van der Waals surface area contributed by atoms with Gasteiger partial charge < -0.3 is 0 Å². The number of anilines is 1. The summed E-state index contributed by atoms with van der Waals surface area (Å²) in [6, 6.07) is 11.9. The topological polar surface area (TPSA) is 20.3 Å². The molecule has 1 saturated heterocycles. The summed E-state index contributed by atoms with van der Waals surface area (Å²) in [5.41, 5.74) is 2.65. The molecule has 2 aromatic rings. The molecule has 1 fully saturated rings. The summed E-state index contributed by atoms with van der Waals surface area (Å²) in [5, 5.41) is 0.493. The highest BCUT2D eigenvalue weighted by Gasteiger charge is 2.34. The van der Waals surface area contributed by atoms with Crippen molar-refractivity contribution in [3.05, 3.63) is 64.4 Å². The number of carbonyl (C=O) groups is 1. The average Bonchev–Trinajstić information content (AvgIpc) is 2.85. The van der Waals surface area contributed by atoms with E-state index in [9.17, 15) is 9.18 Å². The van der Waals surface area contributed by atoms with Gasteiger partial charge >= 0.3 is 0 Å². The molecule has 3 rings (SSSR count). The number of thioether (sulfide) groups is 1. The number of halogens is 2. The molecule has 0 radical (unpaired) electrons. The van der Waals surface area contributed by atoms with E-state index in [1.54, 1.807) is 23.1 Å². The van der Waals surface area contributed by atoms with Crippen LogP contribution in [0.1, 0.15) is 16.5 Å². The fourth-order valence-electron chi connectivity index (χ4n) is 2.31. The van der Waals surface area contributed by atoms with Crippen LogP contribution >= 0.6 is 23.4 Å². The first-order chi connectivity index (χ1) is 10.1. The van der Waals surface area contributed by atoms with Crippen molar-refractivity contribution >= 4 is 35.0 Å². The summed E-state index contributed by atoms with van der Waals surface area (Å²) in [6.07, 6.45) is 0. The van der Waals surface area contributed by atoms with Crippen LogP contribution in [0.4, 0.5) is 10.1 Å². The van der Waals surface area contributed by atoms with Gasteiger partial charge in [-0.25, -0.2) is 4.39 Å². The number of nitrogens with zero attached hydrogens (tertiary/aromatic N) is 1. The number of rotatable bonds is 2. The Labute approximate surface area is 131 Å². The molecule has 0 saturated carbocycles. The number of hydrogen-bond acceptors (Lipinski definition) is 2. The Morgan fingerprint density at radius 3 is 2.62 bits per heavy atom. The zero-order chi connectivity index (χ0) is 15.0. The van der Waals surface area contributed by atoms with Crippen LogP contribution in [0.15, 0.2) is 42.5 Å². The van der Waals surface area contributed by atoms with Crippen molar-refractivity contribution in [2.75, 3.05) is 10.7 Å². The second-order valence-electron chi connectivity index (χ2n) is 4.91. The molecule has 0 spiro atoms. The Balaban J connectivity index is 1.99. The maximum atomic E-state index is 13.1. The van der Waals surface area contributed by atoms with Gasteiger partial charge in [-0.3, -0.25) is 9.69 Å². The summed E-state index contributed by atoms with van der Waals surface area (Å²) < 4.78 is 13.1. The Morgan fingerprint density at radius 1 is 1.24 bits per heavy atom. The standard InChI is InChI=1S/C16H13ClFNOS/c1-10-2-7-13(8-14(10)17)19-15(20)9-21-16(19)11-3-5-12(18)6-4-11/h2-8,16H,9H2,1H3/t16-/m0/s1. The SMILES string of the molecule is Cc1ccc(N2C(=O)CS[C@H]2c2ccc(F)cc2)cc1Cl. The molecule has 2 aromatic carbocycles. The van der Waals surface area contributed by atoms with Gasteiger partial charge in [0.05, 0.1) is 5.75 Å². The Morgan fingerprint density at radius 2 is 1.95 bits per heavy atom. The van der Waals surface area contributed by atoms with Crippen molar-refractivity contribution in [2.24, 2.45) is 0 Å². The van der Waals surface area contributed by atoms with E-state index < -0.39 is 0 Å². The van der Waals surface area contributed by atoms with Crippen LogP contribution in [0.25, 0.3) is 0 Å². The molecule has 1 aliphatic rings. The molecular weight excluding hydrogens is 309 g/mol. The lowest BCUT2D eigenvalue weighted by atomic mass is 10.1. The lowest BCUT2D eigenvalue weighted by Crippen LogP contribution is -2.27. The van der Waals surface area contributed by atoms with Gasteiger partial charge in [0, 0.05) is 10.7 Å². The molecular formula is C16H13ClFNOS. The van der Waals surface area contributed by atoms with Crippen LogP contribution in [-0.4, -0.2) is 11.7 Å². The van der Waals surface area contributed by atoms with Crippen LogP contribution in [0.5, 0.6) is 0 Å². The van der Waals surface area contributed by atoms with Gasteiger partial charge in [-0.05, 0) is 42.3 Å². The number of hydrogen-bond donors (Lipinski definition) is 0. The van der Waals surface area contributed by atoms with Crippen LogP contribution in [0.2, 0.25) is 5.02 Å². The van der Waals surface area contributed by atoms with Crippen molar-refractivity contribution in [1.82, 2.24) is 0 Å². The number of amides is 1. The predicted molar refractivity (Wildman–Crippen MR) is 85.3 cm³/mol. The highest BCUT2D eigenvalue weighted by atomic mass is 35.5. The summed E-state index contributed by atoms with van der Waals surface area (Å²) in [7, 11) is 0. The lowest BCUT2D eigenvalue weighted by Gasteiger charge is -2.24. The predicted octanol–water partition coefficient (Wildman–Crippen LogP) is 4.57. The van der Waals surface area contributed by atoms with Crippen LogP contribution < -0.4 is 4.90 Å². The molecule has 1 aliphatic heterocycles. The molecule has 5 heteroatoms. The maximum absolute atomic E-state index is 13.1. The van der Waals surface area contributed by atoms with E-state index in [4.69, 9.17) is 11.6 Å². The smallest absolute Gasteiger partial charge is 0.238 e.